The van der Waals surface area contributed by atoms with Crippen LogP contribution in [0.1, 0.15) is 45.7 Å². The Balaban J connectivity index is 2.34. The third-order valence-electron chi connectivity index (χ3n) is 2.53. The SMILES string of the molecule is CC(NCCC(C)(C)C)c1ccncc1. The molecule has 1 rings (SSSR count). The van der Waals surface area contributed by atoms with Crippen LogP contribution in [0.5, 0.6) is 0 Å². The molecule has 0 aliphatic heterocycles. The Morgan fingerprint density at radius 3 is 2.40 bits per heavy atom. The second-order valence-corrected chi connectivity index (χ2v) is 5.27. The highest BCUT2D eigenvalue weighted by molar-refractivity contribution is 5.13. The molecule has 0 saturated carbocycles. The van der Waals surface area contributed by atoms with Crippen LogP contribution in [0.25, 0.3) is 0 Å². The highest BCUT2D eigenvalue weighted by atomic mass is 14.9. The van der Waals surface area contributed by atoms with Crippen molar-refractivity contribution in [3.05, 3.63) is 30.1 Å². The molecule has 84 valence electrons. The Morgan fingerprint density at radius 2 is 1.87 bits per heavy atom. The molecule has 0 amide bonds. The lowest BCUT2D eigenvalue weighted by molar-refractivity contribution is 0.358. The van der Waals surface area contributed by atoms with Gasteiger partial charge in [-0.25, -0.2) is 0 Å². The fourth-order valence-electron chi connectivity index (χ4n) is 1.43. The molecule has 2 nitrogen and oxygen atoms in total. The van der Waals surface area contributed by atoms with Gasteiger partial charge >= 0.3 is 0 Å². The molecular formula is C13H22N2. The van der Waals surface area contributed by atoms with E-state index < -0.39 is 0 Å². The molecule has 2 heteroatoms. The fraction of sp³-hybridized carbons (Fsp3) is 0.615. The van der Waals surface area contributed by atoms with Gasteiger partial charge in [0.1, 0.15) is 0 Å². The van der Waals surface area contributed by atoms with Crippen LogP contribution in [0.3, 0.4) is 0 Å². The number of rotatable bonds is 4. The maximum absolute atomic E-state index is 4.02. The molecule has 0 aromatic carbocycles. The lowest BCUT2D eigenvalue weighted by atomic mass is 9.92. The summed E-state index contributed by atoms with van der Waals surface area (Å²) in [5.41, 5.74) is 1.71. The van der Waals surface area contributed by atoms with E-state index in [0.29, 0.717) is 11.5 Å². The maximum atomic E-state index is 4.02. The van der Waals surface area contributed by atoms with Crippen molar-refractivity contribution in [1.29, 1.82) is 0 Å². The van der Waals surface area contributed by atoms with Crippen molar-refractivity contribution in [2.45, 2.75) is 40.2 Å². The van der Waals surface area contributed by atoms with Crippen molar-refractivity contribution in [1.82, 2.24) is 10.3 Å². The lowest BCUT2D eigenvalue weighted by Crippen LogP contribution is -2.23. The minimum absolute atomic E-state index is 0.408. The lowest BCUT2D eigenvalue weighted by Gasteiger charge is -2.20. The van der Waals surface area contributed by atoms with E-state index in [1.807, 2.05) is 12.4 Å². The normalized spacial score (nSPS) is 13.9. The van der Waals surface area contributed by atoms with Gasteiger partial charge in [-0.05, 0) is 43.0 Å². The summed E-state index contributed by atoms with van der Waals surface area (Å²) in [5.74, 6) is 0. The predicted molar refractivity (Wildman–Crippen MR) is 64.7 cm³/mol. The van der Waals surface area contributed by atoms with Crippen LogP contribution in [0, 0.1) is 5.41 Å². The minimum Gasteiger partial charge on any atom is -0.310 e. The Labute approximate surface area is 93.1 Å². The third kappa shape index (κ3) is 4.93. The van der Waals surface area contributed by atoms with Crippen LogP contribution in [0.4, 0.5) is 0 Å². The van der Waals surface area contributed by atoms with Gasteiger partial charge in [-0.2, -0.15) is 0 Å². The maximum Gasteiger partial charge on any atom is 0.0292 e. The Kier molecular flexibility index (Phi) is 4.28. The zero-order valence-electron chi connectivity index (χ0n) is 10.2. The molecule has 0 aliphatic rings. The summed E-state index contributed by atoms with van der Waals surface area (Å²) in [6.45, 7) is 10.1. The Morgan fingerprint density at radius 1 is 1.27 bits per heavy atom. The first-order chi connectivity index (χ1) is 6.99. The van der Waals surface area contributed by atoms with Crippen molar-refractivity contribution in [2.75, 3.05) is 6.54 Å². The van der Waals surface area contributed by atoms with Crippen LogP contribution < -0.4 is 5.32 Å². The molecule has 1 heterocycles. The molecule has 1 atom stereocenters. The van der Waals surface area contributed by atoms with E-state index in [2.05, 4.69) is 50.1 Å². The highest BCUT2D eigenvalue weighted by Gasteiger charge is 2.10. The van der Waals surface area contributed by atoms with Gasteiger partial charge in [-0.3, -0.25) is 4.98 Å². The van der Waals surface area contributed by atoms with E-state index in [0.717, 1.165) is 6.54 Å². The molecule has 0 spiro atoms. The summed E-state index contributed by atoms with van der Waals surface area (Å²) in [5, 5.41) is 3.53. The van der Waals surface area contributed by atoms with E-state index in [1.165, 1.54) is 12.0 Å². The number of pyridine rings is 1. The van der Waals surface area contributed by atoms with Gasteiger partial charge in [0.2, 0.25) is 0 Å². The molecule has 1 aromatic heterocycles. The van der Waals surface area contributed by atoms with Gasteiger partial charge in [-0.1, -0.05) is 20.8 Å². The van der Waals surface area contributed by atoms with E-state index in [9.17, 15) is 0 Å². The van der Waals surface area contributed by atoms with E-state index >= 15 is 0 Å². The molecular weight excluding hydrogens is 184 g/mol. The Hall–Kier alpha value is -0.890. The van der Waals surface area contributed by atoms with Gasteiger partial charge in [0.05, 0.1) is 0 Å². The molecule has 1 unspecified atom stereocenters. The third-order valence-corrected chi connectivity index (χ3v) is 2.53. The van der Waals surface area contributed by atoms with Crippen molar-refractivity contribution in [3.63, 3.8) is 0 Å². The molecule has 0 aliphatic carbocycles. The standard InChI is InChI=1S/C13H22N2/c1-11(12-5-8-14-9-6-12)15-10-7-13(2,3)4/h5-6,8-9,11,15H,7,10H2,1-4H3. The van der Waals surface area contributed by atoms with Crippen molar-refractivity contribution in [2.24, 2.45) is 5.41 Å². The zero-order chi connectivity index (χ0) is 11.3. The van der Waals surface area contributed by atoms with E-state index in [4.69, 9.17) is 0 Å². The van der Waals surface area contributed by atoms with E-state index in [1.54, 1.807) is 0 Å². The number of aromatic nitrogens is 1. The number of nitrogens with one attached hydrogen (secondary N) is 1. The second kappa shape index (κ2) is 5.26. The monoisotopic (exact) mass is 206 g/mol. The van der Waals surface area contributed by atoms with Crippen LogP contribution in [-0.2, 0) is 0 Å². The predicted octanol–water partition coefficient (Wildman–Crippen LogP) is 3.17. The van der Waals surface area contributed by atoms with Gasteiger partial charge in [0, 0.05) is 18.4 Å². The summed E-state index contributed by atoms with van der Waals surface area (Å²) in [6, 6.07) is 4.54. The highest BCUT2D eigenvalue weighted by Crippen LogP contribution is 2.18. The number of hydrogen-bond acceptors (Lipinski definition) is 2. The van der Waals surface area contributed by atoms with Crippen LogP contribution in [0.15, 0.2) is 24.5 Å². The van der Waals surface area contributed by atoms with Crippen LogP contribution in [-0.4, -0.2) is 11.5 Å². The van der Waals surface area contributed by atoms with Gasteiger partial charge < -0.3 is 5.32 Å². The quantitative estimate of drug-likeness (QED) is 0.818. The first kappa shape index (κ1) is 12.2. The Bertz CT molecular complexity index is 274. The van der Waals surface area contributed by atoms with Crippen molar-refractivity contribution < 1.29 is 0 Å². The van der Waals surface area contributed by atoms with Crippen molar-refractivity contribution in [3.8, 4) is 0 Å². The number of hydrogen-bond donors (Lipinski definition) is 1. The average molecular weight is 206 g/mol. The molecule has 15 heavy (non-hydrogen) atoms. The smallest absolute Gasteiger partial charge is 0.0292 e. The fourth-order valence-corrected chi connectivity index (χ4v) is 1.43. The van der Waals surface area contributed by atoms with Gasteiger partial charge in [-0.15, -0.1) is 0 Å². The summed E-state index contributed by atoms with van der Waals surface area (Å²) in [4.78, 5) is 4.02. The summed E-state index contributed by atoms with van der Waals surface area (Å²) in [6.07, 6.45) is 4.89. The van der Waals surface area contributed by atoms with Gasteiger partial charge in [0.25, 0.3) is 0 Å². The second-order valence-electron chi connectivity index (χ2n) is 5.27. The first-order valence-electron chi connectivity index (χ1n) is 5.62. The topological polar surface area (TPSA) is 24.9 Å². The molecule has 1 aromatic rings. The summed E-state index contributed by atoms with van der Waals surface area (Å²) < 4.78 is 0. The summed E-state index contributed by atoms with van der Waals surface area (Å²) >= 11 is 0. The minimum atomic E-state index is 0.408. The van der Waals surface area contributed by atoms with E-state index in [-0.39, 0.29) is 0 Å². The first-order valence-corrected chi connectivity index (χ1v) is 5.62. The van der Waals surface area contributed by atoms with Crippen molar-refractivity contribution >= 4 is 0 Å². The largest absolute Gasteiger partial charge is 0.310 e. The zero-order valence-corrected chi connectivity index (χ0v) is 10.2. The molecule has 1 N–H and O–H groups in total. The van der Waals surface area contributed by atoms with Crippen LogP contribution in [0.2, 0.25) is 0 Å². The summed E-state index contributed by atoms with van der Waals surface area (Å²) in [7, 11) is 0. The molecule has 0 radical (unpaired) electrons. The molecule has 0 fully saturated rings. The number of nitrogens with zero attached hydrogens (tertiary/aromatic N) is 1. The molecule has 0 saturated heterocycles. The van der Waals surface area contributed by atoms with Crippen LogP contribution >= 0.6 is 0 Å². The van der Waals surface area contributed by atoms with Gasteiger partial charge in [0.15, 0.2) is 0 Å². The molecule has 0 bridgehead atoms. The average Bonchev–Trinajstić information content (AvgIpc) is 2.17.